The number of halogens is 1. The van der Waals surface area contributed by atoms with Crippen LogP contribution >= 0.6 is 11.6 Å². The van der Waals surface area contributed by atoms with Gasteiger partial charge in [-0.3, -0.25) is 9.59 Å². The summed E-state index contributed by atoms with van der Waals surface area (Å²) in [7, 11) is 0. The molecule has 0 saturated carbocycles. The molecule has 5 heteroatoms. The highest BCUT2D eigenvalue weighted by Gasteiger charge is 2.35. The molecule has 2 aromatic carbocycles. The number of hydrogen-bond acceptors (Lipinski definition) is 2. The van der Waals surface area contributed by atoms with Crippen molar-refractivity contribution in [1.82, 2.24) is 5.32 Å². The molecule has 2 aromatic rings. The van der Waals surface area contributed by atoms with Crippen molar-refractivity contribution in [3.05, 3.63) is 64.7 Å². The van der Waals surface area contributed by atoms with Gasteiger partial charge in [-0.2, -0.15) is 0 Å². The van der Waals surface area contributed by atoms with Crippen molar-refractivity contribution in [3.8, 4) is 0 Å². The van der Waals surface area contributed by atoms with Gasteiger partial charge in [-0.1, -0.05) is 47.5 Å². The van der Waals surface area contributed by atoms with E-state index in [1.165, 1.54) is 5.56 Å². The molecule has 1 unspecified atom stereocenters. The van der Waals surface area contributed by atoms with Crippen molar-refractivity contribution < 1.29 is 9.59 Å². The van der Waals surface area contributed by atoms with Crippen LogP contribution < -0.4 is 10.2 Å². The molecule has 2 amide bonds. The number of aryl methyl sites for hydroxylation is 1. The van der Waals surface area contributed by atoms with Gasteiger partial charge in [0.1, 0.15) is 0 Å². The van der Waals surface area contributed by atoms with E-state index in [2.05, 4.69) is 5.32 Å². The molecule has 3 rings (SSSR count). The zero-order valence-corrected chi connectivity index (χ0v) is 14.2. The standard InChI is InChI=1S/C19H19ClN2O2/c1-13-5-7-14(8-6-13)11-21-19(24)15-9-18(23)22(12-15)17-4-2-3-16(20)10-17/h2-8,10,15H,9,11-12H2,1H3,(H,21,24). The van der Waals surface area contributed by atoms with Crippen LogP contribution in [-0.2, 0) is 16.1 Å². The maximum Gasteiger partial charge on any atom is 0.227 e. The Balaban J connectivity index is 1.60. The molecule has 1 heterocycles. The first-order chi connectivity index (χ1) is 11.5. The van der Waals surface area contributed by atoms with Crippen LogP contribution in [0.5, 0.6) is 0 Å². The average Bonchev–Trinajstić information content (AvgIpc) is 2.96. The lowest BCUT2D eigenvalue weighted by molar-refractivity contribution is -0.126. The molecule has 0 aromatic heterocycles. The lowest BCUT2D eigenvalue weighted by atomic mass is 10.1. The quantitative estimate of drug-likeness (QED) is 0.926. The number of hydrogen-bond donors (Lipinski definition) is 1. The molecule has 1 aliphatic rings. The van der Waals surface area contributed by atoms with Crippen molar-refractivity contribution in [3.63, 3.8) is 0 Å². The van der Waals surface area contributed by atoms with Gasteiger partial charge in [-0.15, -0.1) is 0 Å². The summed E-state index contributed by atoms with van der Waals surface area (Å²) in [6.45, 7) is 2.89. The maximum absolute atomic E-state index is 12.4. The van der Waals surface area contributed by atoms with E-state index in [4.69, 9.17) is 11.6 Å². The second-order valence-electron chi connectivity index (χ2n) is 6.09. The number of anilines is 1. The van der Waals surface area contributed by atoms with E-state index in [1.807, 2.05) is 37.3 Å². The molecule has 1 saturated heterocycles. The minimum atomic E-state index is -0.332. The van der Waals surface area contributed by atoms with Gasteiger partial charge in [-0.05, 0) is 30.7 Å². The highest BCUT2D eigenvalue weighted by molar-refractivity contribution is 6.30. The summed E-state index contributed by atoms with van der Waals surface area (Å²) in [5, 5.41) is 3.50. The van der Waals surface area contributed by atoms with Gasteiger partial charge in [0.25, 0.3) is 0 Å². The summed E-state index contributed by atoms with van der Waals surface area (Å²) < 4.78 is 0. The highest BCUT2D eigenvalue weighted by Crippen LogP contribution is 2.27. The van der Waals surface area contributed by atoms with Gasteiger partial charge in [0, 0.05) is 30.2 Å². The van der Waals surface area contributed by atoms with Crippen LogP contribution in [-0.4, -0.2) is 18.4 Å². The summed E-state index contributed by atoms with van der Waals surface area (Å²) in [4.78, 5) is 26.2. The van der Waals surface area contributed by atoms with E-state index in [0.717, 1.165) is 11.3 Å². The van der Waals surface area contributed by atoms with Crippen molar-refractivity contribution in [2.24, 2.45) is 5.92 Å². The van der Waals surface area contributed by atoms with Gasteiger partial charge >= 0.3 is 0 Å². The molecule has 0 bridgehead atoms. The largest absolute Gasteiger partial charge is 0.352 e. The molecular formula is C19H19ClN2O2. The maximum atomic E-state index is 12.4. The Morgan fingerprint density at radius 1 is 1.25 bits per heavy atom. The smallest absolute Gasteiger partial charge is 0.227 e. The average molecular weight is 343 g/mol. The number of benzene rings is 2. The van der Waals surface area contributed by atoms with Gasteiger partial charge < -0.3 is 10.2 Å². The summed E-state index contributed by atoms with van der Waals surface area (Å²) >= 11 is 5.98. The Kier molecular flexibility index (Phi) is 4.86. The molecule has 24 heavy (non-hydrogen) atoms. The molecule has 0 aliphatic carbocycles. The zero-order valence-electron chi connectivity index (χ0n) is 13.5. The predicted molar refractivity (Wildman–Crippen MR) is 94.9 cm³/mol. The minimum absolute atomic E-state index is 0.0484. The highest BCUT2D eigenvalue weighted by atomic mass is 35.5. The number of amides is 2. The second-order valence-corrected chi connectivity index (χ2v) is 6.53. The van der Waals surface area contributed by atoms with Gasteiger partial charge in [0.15, 0.2) is 0 Å². The topological polar surface area (TPSA) is 49.4 Å². The first-order valence-electron chi connectivity index (χ1n) is 7.92. The summed E-state index contributed by atoms with van der Waals surface area (Å²) in [5.41, 5.74) is 2.97. The molecule has 1 atom stereocenters. The Morgan fingerprint density at radius 3 is 2.71 bits per heavy atom. The number of rotatable bonds is 4. The number of carbonyl (C=O) groups is 2. The zero-order chi connectivity index (χ0) is 17.1. The fraction of sp³-hybridized carbons (Fsp3) is 0.263. The Hall–Kier alpha value is -2.33. The lowest BCUT2D eigenvalue weighted by Crippen LogP contribution is -2.32. The van der Waals surface area contributed by atoms with Crippen molar-refractivity contribution >= 4 is 29.1 Å². The number of nitrogens with one attached hydrogen (secondary N) is 1. The molecule has 1 N–H and O–H groups in total. The van der Waals surface area contributed by atoms with Crippen molar-refractivity contribution in [2.75, 3.05) is 11.4 Å². The Labute approximate surface area is 146 Å². The lowest BCUT2D eigenvalue weighted by Gasteiger charge is -2.17. The van der Waals surface area contributed by atoms with Crippen LogP contribution in [0.2, 0.25) is 5.02 Å². The molecule has 124 valence electrons. The van der Waals surface area contributed by atoms with Gasteiger partial charge in [0.05, 0.1) is 5.92 Å². The molecule has 1 aliphatic heterocycles. The monoisotopic (exact) mass is 342 g/mol. The summed E-state index contributed by atoms with van der Waals surface area (Å²) in [6.07, 6.45) is 0.228. The third-order valence-corrected chi connectivity index (χ3v) is 4.44. The van der Waals surface area contributed by atoms with Crippen LogP contribution in [0.1, 0.15) is 17.5 Å². The van der Waals surface area contributed by atoms with Gasteiger partial charge in [0.2, 0.25) is 11.8 Å². The van der Waals surface area contributed by atoms with E-state index < -0.39 is 0 Å². The van der Waals surface area contributed by atoms with Crippen LogP contribution in [0, 0.1) is 12.8 Å². The van der Waals surface area contributed by atoms with Crippen LogP contribution in [0.4, 0.5) is 5.69 Å². The summed E-state index contributed by atoms with van der Waals surface area (Å²) in [6, 6.07) is 15.2. The fourth-order valence-electron chi connectivity index (χ4n) is 2.82. The van der Waals surface area contributed by atoms with Crippen LogP contribution in [0.3, 0.4) is 0 Å². The predicted octanol–water partition coefficient (Wildman–Crippen LogP) is 3.32. The first-order valence-corrected chi connectivity index (χ1v) is 8.30. The second kappa shape index (κ2) is 7.05. The molecule has 0 spiro atoms. The molecule has 4 nitrogen and oxygen atoms in total. The van der Waals surface area contributed by atoms with E-state index in [9.17, 15) is 9.59 Å². The van der Waals surface area contributed by atoms with Crippen molar-refractivity contribution in [1.29, 1.82) is 0 Å². The van der Waals surface area contributed by atoms with E-state index >= 15 is 0 Å². The van der Waals surface area contributed by atoms with Gasteiger partial charge in [-0.25, -0.2) is 0 Å². The molecule has 1 fully saturated rings. The third kappa shape index (κ3) is 3.77. The minimum Gasteiger partial charge on any atom is -0.352 e. The van der Waals surface area contributed by atoms with E-state index in [0.29, 0.717) is 18.1 Å². The van der Waals surface area contributed by atoms with Crippen LogP contribution in [0.25, 0.3) is 0 Å². The Bertz CT molecular complexity index is 758. The number of carbonyl (C=O) groups excluding carboxylic acids is 2. The van der Waals surface area contributed by atoms with E-state index in [1.54, 1.807) is 23.1 Å². The number of nitrogens with zero attached hydrogens (tertiary/aromatic N) is 1. The van der Waals surface area contributed by atoms with Crippen LogP contribution in [0.15, 0.2) is 48.5 Å². The summed E-state index contributed by atoms with van der Waals surface area (Å²) in [5.74, 6) is -0.469. The fourth-order valence-corrected chi connectivity index (χ4v) is 3.00. The van der Waals surface area contributed by atoms with Crippen molar-refractivity contribution in [2.45, 2.75) is 19.9 Å². The Morgan fingerprint density at radius 2 is 2.00 bits per heavy atom. The SMILES string of the molecule is Cc1ccc(CNC(=O)C2CC(=O)N(c3cccc(Cl)c3)C2)cc1. The molecule has 0 radical (unpaired) electrons. The first kappa shape index (κ1) is 16.5. The molecular weight excluding hydrogens is 324 g/mol. The van der Waals surface area contributed by atoms with E-state index in [-0.39, 0.29) is 24.2 Å². The normalized spacial score (nSPS) is 17.2. The third-order valence-electron chi connectivity index (χ3n) is 4.20.